The molecule has 0 fully saturated rings. The van der Waals surface area contributed by atoms with Crippen LogP contribution in [-0.2, 0) is 0 Å². The monoisotopic (exact) mass is 257 g/mol. The van der Waals surface area contributed by atoms with Crippen LogP contribution in [0.4, 0.5) is 13.2 Å². The summed E-state index contributed by atoms with van der Waals surface area (Å²) >= 11 is 11.2. The third kappa shape index (κ3) is 3.24. The van der Waals surface area contributed by atoms with Gasteiger partial charge in [0.25, 0.3) is 0 Å². The van der Waals surface area contributed by atoms with E-state index in [1.807, 2.05) is 0 Å². The molecule has 0 saturated carbocycles. The molecule has 0 aliphatic carbocycles. The molecule has 0 saturated heterocycles. The average molecular weight is 258 g/mol. The maximum Gasteiger partial charge on any atom is 0.419 e. The maximum absolute atomic E-state index is 12.5. The lowest BCUT2D eigenvalue weighted by Gasteiger charge is -2.16. The first kappa shape index (κ1) is 12.6. The summed E-state index contributed by atoms with van der Waals surface area (Å²) in [5, 5.41) is -0.181. The molecular formula is C9H8Cl2F3N. The zero-order valence-corrected chi connectivity index (χ0v) is 9.29. The van der Waals surface area contributed by atoms with E-state index in [0.29, 0.717) is 12.6 Å². The maximum atomic E-state index is 12.5. The summed E-state index contributed by atoms with van der Waals surface area (Å²) in [5.41, 5.74) is -0.928. The molecule has 0 radical (unpaired) electrons. The molecule has 1 aliphatic rings. The minimum Gasteiger partial charge on any atom is -0.244 e. The SMILES string of the molecule is CC1C/C=C(Cl)/N=C\C(C(F)(F)F)=C/1Cl. The summed E-state index contributed by atoms with van der Waals surface area (Å²) in [4.78, 5) is 3.46. The van der Waals surface area contributed by atoms with Crippen molar-refractivity contribution in [3.05, 3.63) is 21.8 Å². The smallest absolute Gasteiger partial charge is 0.244 e. The first-order chi connectivity index (χ1) is 6.82. The van der Waals surface area contributed by atoms with Gasteiger partial charge in [-0.1, -0.05) is 30.1 Å². The molecule has 15 heavy (non-hydrogen) atoms. The van der Waals surface area contributed by atoms with Crippen LogP contribution in [0.1, 0.15) is 13.3 Å². The number of halogens is 5. The molecular weight excluding hydrogens is 250 g/mol. The predicted octanol–water partition coefficient (Wildman–Crippen LogP) is 4.23. The Kier molecular flexibility index (Phi) is 3.84. The molecule has 6 heteroatoms. The van der Waals surface area contributed by atoms with Gasteiger partial charge in [0.1, 0.15) is 5.16 Å². The quantitative estimate of drug-likeness (QED) is 0.576. The lowest BCUT2D eigenvalue weighted by atomic mass is 10.0. The Balaban J connectivity index is 3.19. The van der Waals surface area contributed by atoms with E-state index < -0.39 is 17.7 Å². The van der Waals surface area contributed by atoms with Gasteiger partial charge in [0, 0.05) is 11.2 Å². The van der Waals surface area contributed by atoms with Gasteiger partial charge >= 0.3 is 6.18 Å². The van der Waals surface area contributed by atoms with Gasteiger partial charge in [0.15, 0.2) is 0 Å². The number of hydrogen-bond acceptors (Lipinski definition) is 1. The van der Waals surface area contributed by atoms with E-state index in [0.717, 1.165) is 0 Å². The molecule has 1 heterocycles. The molecule has 0 bridgehead atoms. The molecule has 0 spiro atoms. The molecule has 1 atom stereocenters. The second-order valence-corrected chi connectivity index (χ2v) is 3.98. The average Bonchev–Trinajstić information content (AvgIpc) is 2.10. The summed E-state index contributed by atoms with van der Waals surface area (Å²) in [6.45, 7) is 1.61. The van der Waals surface area contributed by atoms with E-state index in [-0.39, 0.29) is 10.2 Å². The largest absolute Gasteiger partial charge is 0.419 e. The first-order valence-electron chi connectivity index (χ1n) is 4.19. The van der Waals surface area contributed by atoms with Crippen LogP contribution >= 0.6 is 23.2 Å². The Morgan fingerprint density at radius 3 is 2.53 bits per heavy atom. The first-order valence-corrected chi connectivity index (χ1v) is 4.94. The third-order valence-electron chi connectivity index (χ3n) is 1.95. The van der Waals surface area contributed by atoms with Crippen LogP contribution < -0.4 is 0 Å². The van der Waals surface area contributed by atoms with Crippen LogP contribution in [0.5, 0.6) is 0 Å². The molecule has 0 aromatic carbocycles. The fourth-order valence-corrected chi connectivity index (χ4v) is 1.48. The Bertz CT molecular complexity index is 342. The molecule has 0 aromatic rings. The Labute approximate surface area is 95.3 Å². The molecule has 1 nitrogen and oxygen atoms in total. The highest BCUT2D eigenvalue weighted by atomic mass is 35.5. The molecule has 1 aliphatic heterocycles. The Morgan fingerprint density at radius 1 is 1.40 bits per heavy atom. The van der Waals surface area contributed by atoms with Crippen molar-refractivity contribution in [2.45, 2.75) is 19.5 Å². The number of rotatable bonds is 0. The van der Waals surface area contributed by atoms with Crippen LogP contribution in [0.2, 0.25) is 0 Å². The van der Waals surface area contributed by atoms with Crippen molar-refractivity contribution in [2.24, 2.45) is 10.9 Å². The number of aliphatic imine (C=N–C) groups is 1. The van der Waals surface area contributed by atoms with E-state index in [2.05, 4.69) is 4.99 Å². The standard InChI is InChI=1S/C9H8Cl2F3N/c1-5-2-3-7(10)15-4-6(8(5)11)9(12,13)14/h3-5H,2H2,1H3/b7-3+,8-6-,15-4-. The minimum atomic E-state index is -4.50. The fourth-order valence-electron chi connectivity index (χ4n) is 1.09. The number of nitrogens with zero attached hydrogens (tertiary/aromatic N) is 1. The zero-order valence-electron chi connectivity index (χ0n) is 7.78. The van der Waals surface area contributed by atoms with Crippen LogP contribution in [0.3, 0.4) is 0 Å². The van der Waals surface area contributed by atoms with Gasteiger partial charge in [-0.25, -0.2) is 4.99 Å². The lowest BCUT2D eigenvalue weighted by molar-refractivity contribution is -0.0863. The van der Waals surface area contributed by atoms with Crippen molar-refractivity contribution in [3.63, 3.8) is 0 Å². The van der Waals surface area contributed by atoms with Crippen LogP contribution in [-0.4, -0.2) is 12.4 Å². The van der Waals surface area contributed by atoms with Crippen LogP contribution in [0.15, 0.2) is 26.8 Å². The molecule has 1 rings (SSSR count). The molecule has 0 aromatic heterocycles. The van der Waals surface area contributed by atoms with E-state index in [1.165, 1.54) is 6.08 Å². The topological polar surface area (TPSA) is 12.4 Å². The minimum absolute atomic E-state index is 0.0489. The van der Waals surface area contributed by atoms with E-state index in [9.17, 15) is 13.2 Å². The van der Waals surface area contributed by atoms with Crippen molar-refractivity contribution >= 4 is 29.4 Å². The van der Waals surface area contributed by atoms with Gasteiger partial charge in [-0.3, -0.25) is 0 Å². The molecule has 1 unspecified atom stereocenters. The summed E-state index contributed by atoms with van der Waals surface area (Å²) < 4.78 is 37.5. The highest BCUT2D eigenvalue weighted by Crippen LogP contribution is 2.34. The Morgan fingerprint density at radius 2 is 2.00 bits per heavy atom. The van der Waals surface area contributed by atoms with Gasteiger partial charge < -0.3 is 0 Å². The van der Waals surface area contributed by atoms with E-state index in [4.69, 9.17) is 23.2 Å². The van der Waals surface area contributed by atoms with Crippen molar-refractivity contribution in [3.8, 4) is 0 Å². The van der Waals surface area contributed by atoms with Crippen LogP contribution in [0, 0.1) is 5.92 Å². The fraction of sp³-hybridized carbons (Fsp3) is 0.444. The summed E-state index contributed by atoms with van der Waals surface area (Å²) in [7, 11) is 0. The highest BCUT2D eigenvalue weighted by molar-refractivity contribution is 6.32. The Hall–Kier alpha value is -0.480. The second-order valence-electron chi connectivity index (χ2n) is 3.18. The van der Waals surface area contributed by atoms with E-state index >= 15 is 0 Å². The van der Waals surface area contributed by atoms with Gasteiger partial charge in [0.2, 0.25) is 0 Å². The van der Waals surface area contributed by atoms with E-state index in [1.54, 1.807) is 6.92 Å². The molecule has 0 amide bonds. The summed E-state index contributed by atoms with van der Waals surface area (Å²) in [5.74, 6) is -0.413. The van der Waals surface area contributed by atoms with Crippen molar-refractivity contribution < 1.29 is 13.2 Å². The number of allylic oxidation sites excluding steroid dienone is 3. The second kappa shape index (κ2) is 4.58. The third-order valence-corrected chi connectivity index (χ3v) is 2.78. The highest BCUT2D eigenvalue weighted by Gasteiger charge is 2.36. The summed E-state index contributed by atoms with van der Waals surface area (Å²) in [6, 6.07) is 0. The summed E-state index contributed by atoms with van der Waals surface area (Å²) in [6.07, 6.45) is -1.95. The van der Waals surface area contributed by atoms with Crippen molar-refractivity contribution in [2.75, 3.05) is 0 Å². The molecule has 0 N–H and O–H groups in total. The van der Waals surface area contributed by atoms with Crippen molar-refractivity contribution in [1.29, 1.82) is 0 Å². The number of hydrogen-bond donors (Lipinski definition) is 0. The predicted molar refractivity (Wildman–Crippen MR) is 55.1 cm³/mol. The van der Waals surface area contributed by atoms with Crippen LogP contribution in [0.25, 0.3) is 0 Å². The normalized spacial score (nSPS) is 34.0. The lowest BCUT2D eigenvalue weighted by Crippen LogP contribution is -2.17. The van der Waals surface area contributed by atoms with Gasteiger partial charge in [-0.05, 0) is 18.4 Å². The van der Waals surface area contributed by atoms with Gasteiger partial charge in [-0.2, -0.15) is 13.2 Å². The zero-order chi connectivity index (χ0) is 11.6. The van der Waals surface area contributed by atoms with Gasteiger partial charge in [0.05, 0.1) is 5.57 Å². The van der Waals surface area contributed by atoms with Gasteiger partial charge in [-0.15, -0.1) is 0 Å². The number of alkyl halides is 3. The van der Waals surface area contributed by atoms with Crippen molar-refractivity contribution in [1.82, 2.24) is 0 Å². The molecule has 84 valence electrons.